The van der Waals surface area contributed by atoms with Crippen molar-refractivity contribution in [3.8, 4) is 0 Å². The van der Waals surface area contributed by atoms with Gasteiger partial charge in [0.2, 0.25) is 0 Å². The average Bonchev–Trinajstić information content (AvgIpc) is 1.54. The molecular formula is C7H14N2. The zero-order valence-corrected chi connectivity index (χ0v) is 6.15. The normalized spacial score (nSPS) is 54.7. The van der Waals surface area contributed by atoms with Crippen molar-refractivity contribution in [1.29, 1.82) is 0 Å². The molecule has 2 N–H and O–H groups in total. The molecule has 0 aromatic heterocycles. The van der Waals surface area contributed by atoms with Crippen molar-refractivity contribution in [1.82, 2.24) is 4.90 Å². The van der Waals surface area contributed by atoms with E-state index < -0.39 is 0 Å². The minimum Gasteiger partial charge on any atom is -0.325 e. The number of rotatable bonds is 1. The Morgan fingerprint density at radius 2 is 1.67 bits per heavy atom. The molecule has 0 aromatic rings. The maximum absolute atomic E-state index is 5.88. The Bertz CT molecular complexity index is 131. The number of hydrogen-bond donors (Lipinski definition) is 1. The van der Waals surface area contributed by atoms with Crippen LogP contribution in [0.3, 0.4) is 0 Å². The first-order valence-corrected chi connectivity index (χ1v) is 3.53. The fourth-order valence-electron chi connectivity index (χ4n) is 2.29. The Hall–Kier alpha value is -0.0800. The van der Waals surface area contributed by atoms with Gasteiger partial charge in [-0.1, -0.05) is 0 Å². The molecule has 0 aliphatic heterocycles. The summed E-state index contributed by atoms with van der Waals surface area (Å²) < 4.78 is 0. The van der Waals surface area contributed by atoms with Crippen molar-refractivity contribution in [3.05, 3.63) is 0 Å². The van der Waals surface area contributed by atoms with Gasteiger partial charge in [-0.2, -0.15) is 0 Å². The monoisotopic (exact) mass is 126 g/mol. The molecule has 9 heavy (non-hydrogen) atoms. The molecule has 0 heterocycles. The minimum absolute atomic E-state index is 0.268. The Balaban J connectivity index is 2.04. The molecule has 0 radical (unpaired) electrons. The Kier molecular flexibility index (Phi) is 0.746. The number of hydrogen-bond acceptors (Lipinski definition) is 2. The first-order chi connectivity index (χ1) is 4.06. The maximum Gasteiger partial charge on any atom is 0.0255 e. The Morgan fingerprint density at radius 3 is 1.78 bits per heavy atom. The van der Waals surface area contributed by atoms with Crippen LogP contribution in [0.4, 0.5) is 0 Å². The lowest BCUT2D eigenvalue weighted by Gasteiger charge is -2.71. The summed E-state index contributed by atoms with van der Waals surface area (Å²) in [5.41, 5.74) is 6.69. The zero-order chi connectivity index (χ0) is 6.70. The van der Waals surface area contributed by atoms with Crippen LogP contribution >= 0.6 is 0 Å². The summed E-state index contributed by atoms with van der Waals surface area (Å²) in [6.07, 6.45) is 3.69. The summed E-state index contributed by atoms with van der Waals surface area (Å²) in [6, 6.07) is 0. The second-order valence-corrected chi connectivity index (χ2v) is 4.01. The third-order valence-electron chi connectivity index (χ3n) is 2.99. The number of nitrogens with two attached hydrogens (primary N) is 1. The van der Waals surface area contributed by atoms with Crippen molar-refractivity contribution in [2.45, 2.75) is 30.3 Å². The van der Waals surface area contributed by atoms with Gasteiger partial charge in [0.25, 0.3) is 0 Å². The van der Waals surface area contributed by atoms with Crippen molar-refractivity contribution in [2.75, 3.05) is 14.1 Å². The van der Waals surface area contributed by atoms with E-state index in [1.165, 1.54) is 19.3 Å². The lowest BCUT2D eigenvalue weighted by molar-refractivity contribution is -0.142. The Labute approximate surface area is 56.0 Å². The van der Waals surface area contributed by atoms with E-state index in [1.54, 1.807) is 0 Å². The van der Waals surface area contributed by atoms with Gasteiger partial charge in [-0.3, -0.25) is 0 Å². The molecule has 2 heteroatoms. The van der Waals surface area contributed by atoms with Crippen LogP contribution in [0, 0.1) is 0 Å². The average molecular weight is 126 g/mol. The van der Waals surface area contributed by atoms with Crippen LogP contribution in [0.1, 0.15) is 19.3 Å². The predicted octanol–water partition coefficient (Wildman–Crippen LogP) is 0.182. The SMILES string of the molecule is CN(C)C12CC(N)(C1)C2. The molecule has 3 saturated carbocycles. The molecule has 0 unspecified atom stereocenters. The van der Waals surface area contributed by atoms with Gasteiger partial charge in [-0.05, 0) is 33.4 Å². The summed E-state index contributed by atoms with van der Waals surface area (Å²) in [7, 11) is 4.30. The fourth-order valence-corrected chi connectivity index (χ4v) is 2.29. The molecule has 3 aliphatic rings. The van der Waals surface area contributed by atoms with Crippen molar-refractivity contribution in [3.63, 3.8) is 0 Å². The summed E-state index contributed by atoms with van der Waals surface area (Å²) in [5.74, 6) is 0. The largest absolute Gasteiger partial charge is 0.325 e. The zero-order valence-electron chi connectivity index (χ0n) is 6.15. The lowest BCUT2D eigenvalue weighted by Crippen LogP contribution is -2.81. The Morgan fingerprint density at radius 1 is 1.22 bits per heavy atom. The number of nitrogens with zero attached hydrogens (tertiary/aromatic N) is 1. The highest BCUT2D eigenvalue weighted by Crippen LogP contribution is 2.61. The van der Waals surface area contributed by atoms with Crippen molar-refractivity contribution < 1.29 is 0 Å². The van der Waals surface area contributed by atoms with Gasteiger partial charge < -0.3 is 10.6 Å². The molecule has 0 aromatic carbocycles. The third-order valence-corrected chi connectivity index (χ3v) is 2.99. The van der Waals surface area contributed by atoms with E-state index in [1.807, 2.05) is 0 Å². The van der Waals surface area contributed by atoms with Crippen LogP contribution in [0.15, 0.2) is 0 Å². The van der Waals surface area contributed by atoms with Crippen molar-refractivity contribution >= 4 is 0 Å². The third kappa shape index (κ3) is 0.485. The summed E-state index contributed by atoms with van der Waals surface area (Å²) >= 11 is 0. The topological polar surface area (TPSA) is 29.3 Å². The van der Waals surface area contributed by atoms with Crippen LogP contribution in [0.2, 0.25) is 0 Å². The standard InChI is InChI=1S/C7H14N2/c1-9(2)7-3-6(8,4-7)5-7/h3-5,8H2,1-2H3. The van der Waals surface area contributed by atoms with Gasteiger partial charge in [-0.25, -0.2) is 0 Å². The van der Waals surface area contributed by atoms with Crippen LogP contribution in [-0.4, -0.2) is 30.1 Å². The smallest absolute Gasteiger partial charge is 0.0255 e. The second-order valence-electron chi connectivity index (χ2n) is 4.01. The van der Waals surface area contributed by atoms with Gasteiger partial charge in [0, 0.05) is 11.1 Å². The van der Waals surface area contributed by atoms with E-state index in [2.05, 4.69) is 19.0 Å². The van der Waals surface area contributed by atoms with Gasteiger partial charge in [0.05, 0.1) is 0 Å². The minimum atomic E-state index is 0.268. The van der Waals surface area contributed by atoms with E-state index >= 15 is 0 Å². The summed E-state index contributed by atoms with van der Waals surface area (Å²) in [4.78, 5) is 2.32. The van der Waals surface area contributed by atoms with Crippen molar-refractivity contribution in [2.24, 2.45) is 5.73 Å². The van der Waals surface area contributed by atoms with Gasteiger partial charge in [0.15, 0.2) is 0 Å². The molecule has 0 atom stereocenters. The molecule has 2 bridgehead atoms. The molecule has 3 aliphatic carbocycles. The molecule has 3 rings (SSSR count). The molecule has 52 valence electrons. The molecule has 2 nitrogen and oxygen atoms in total. The lowest BCUT2D eigenvalue weighted by atomic mass is 9.44. The van der Waals surface area contributed by atoms with E-state index in [4.69, 9.17) is 5.73 Å². The maximum atomic E-state index is 5.88. The molecule has 0 spiro atoms. The van der Waals surface area contributed by atoms with E-state index in [9.17, 15) is 0 Å². The van der Waals surface area contributed by atoms with Crippen LogP contribution in [0.5, 0.6) is 0 Å². The van der Waals surface area contributed by atoms with Crippen LogP contribution < -0.4 is 5.73 Å². The summed E-state index contributed by atoms with van der Waals surface area (Å²) in [6.45, 7) is 0. The van der Waals surface area contributed by atoms with Gasteiger partial charge in [-0.15, -0.1) is 0 Å². The van der Waals surface area contributed by atoms with Crippen LogP contribution in [-0.2, 0) is 0 Å². The molecule has 0 saturated heterocycles. The first-order valence-electron chi connectivity index (χ1n) is 3.53. The van der Waals surface area contributed by atoms with Crippen LogP contribution in [0.25, 0.3) is 0 Å². The van der Waals surface area contributed by atoms with Gasteiger partial charge in [0.1, 0.15) is 0 Å². The van der Waals surface area contributed by atoms with E-state index in [0.717, 1.165) is 0 Å². The highest BCUT2D eigenvalue weighted by Gasteiger charge is 2.66. The highest BCUT2D eigenvalue weighted by molar-refractivity contribution is 5.27. The van der Waals surface area contributed by atoms with E-state index in [0.29, 0.717) is 5.54 Å². The first kappa shape index (κ1) is 5.69. The predicted molar refractivity (Wildman–Crippen MR) is 37.2 cm³/mol. The fraction of sp³-hybridized carbons (Fsp3) is 1.00. The van der Waals surface area contributed by atoms with E-state index in [-0.39, 0.29) is 5.54 Å². The molecule has 3 fully saturated rings. The second kappa shape index (κ2) is 1.18. The molecular weight excluding hydrogens is 112 g/mol. The summed E-state index contributed by atoms with van der Waals surface area (Å²) in [5, 5.41) is 0. The quantitative estimate of drug-likeness (QED) is 0.543. The molecule has 0 amide bonds. The van der Waals surface area contributed by atoms with Gasteiger partial charge >= 0.3 is 0 Å². The highest BCUT2D eigenvalue weighted by atomic mass is 15.2.